The molecule has 0 heterocycles. The van der Waals surface area contributed by atoms with Crippen LogP contribution in [0.5, 0.6) is 0 Å². The Balaban J connectivity index is 2.59. The van der Waals surface area contributed by atoms with E-state index in [1.165, 1.54) is 0 Å². The van der Waals surface area contributed by atoms with E-state index in [9.17, 15) is 4.79 Å². The molecule has 0 saturated carbocycles. The van der Waals surface area contributed by atoms with Crippen LogP contribution in [0, 0.1) is 6.92 Å². The standard InChI is InChI=1S/C11H13Cl2NO2/c1-7-3-4-9(5-10(7)13)14-11(15)16-8(2)6-12/h3-5,8H,6H2,1-2H3,(H,14,15). The van der Waals surface area contributed by atoms with Crippen LogP contribution in [0.15, 0.2) is 18.2 Å². The molecule has 1 rings (SSSR count). The van der Waals surface area contributed by atoms with Gasteiger partial charge in [-0.05, 0) is 31.5 Å². The maximum Gasteiger partial charge on any atom is 0.411 e. The Morgan fingerprint density at radius 3 is 2.81 bits per heavy atom. The first-order chi connectivity index (χ1) is 7.52. The van der Waals surface area contributed by atoms with Gasteiger partial charge >= 0.3 is 6.09 Å². The van der Waals surface area contributed by atoms with Gasteiger partial charge in [0.1, 0.15) is 6.10 Å². The van der Waals surface area contributed by atoms with Gasteiger partial charge in [0.15, 0.2) is 0 Å². The summed E-state index contributed by atoms with van der Waals surface area (Å²) in [5.41, 5.74) is 1.55. The van der Waals surface area contributed by atoms with Crippen LogP contribution < -0.4 is 5.32 Å². The van der Waals surface area contributed by atoms with Gasteiger partial charge in [-0.2, -0.15) is 0 Å². The molecule has 1 aromatic carbocycles. The number of hydrogen-bond donors (Lipinski definition) is 1. The van der Waals surface area contributed by atoms with E-state index in [1.807, 2.05) is 13.0 Å². The summed E-state index contributed by atoms with van der Waals surface area (Å²) >= 11 is 11.4. The molecule has 0 fully saturated rings. The van der Waals surface area contributed by atoms with Crippen molar-refractivity contribution in [1.29, 1.82) is 0 Å². The highest BCUT2D eigenvalue weighted by atomic mass is 35.5. The largest absolute Gasteiger partial charge is 0.445 e. The molecule has 1 aromatic rings. The molecule has 1 N–H and O–H groups in total. The second-order valence-corrected chi connectivity index (χ2v) is 4.17. The molecule has 0 radical (unpaired) electrons. The number of aryl methyl sites for hydroxylation is 1. The average Bonchev–Trinajstić information content (AvgIpc) is 2.23. The van der Waals surface area contributed by atoms with Crippen LogP contribution in [-0.2, 0) is 4.74 Å². The van der Waals surface area contributed by atoms with Gasteiger partial charge in [-0.15, -0.1) is 11.6 Å². The lowest BCUT2D eigenvalue weighted by Gasteiger charge is -2.11. The number of amides is 1. The molecular weight excluding hydrogens is 249 g/mol. The van der Waals surface area contributed by atoms with E-state index in [2.05, 4.69) is 5.32 Å². The Labute approximate surface area is 105 Å². The van der Waals surface area contributed by atoms with E-state index in [1.54, 1.807) is 19.1 Å². The van der Waals surface area contributed by atoms with Crippen LogP contribution in [0.1, 0.15) is 12.5 Å². The number of nitrogens with one attached hydrogen (secondary N) is 1. The van der Waals surface area contributed by atoms with Gasteiger partial charge in [-0.1, -0.05) is 17.7 Å². The fourth-order valence-corrected chi connectivity index (χ4v) is 1.28. The number of halogens is 2. The second kappa shape index (κ2) is 5.97. The summed E-state index contributed by atoms with van der Waals surface area (Å²) in [7, 11) is 0. The Morgan fingerprint density at radius 1 is 1.56 bits per heavy atom. The molecule has 16 heavy (non-hydrogen) atoms. The zero-order chi connectivity index (χ0) is 12.1. The lowest BCUT2D eigenvalue weighted by Crippen LogP contribution is -2.21. The van der Waals surface area contributed by atoms with Crippen molar-refractivity contribution in [3.05, 3.63) is 28.8 Å². The average molecular weight is 262 g/mol. The first-order valence-corrected chi connectivity index (χ1v) is 5.74. The molecule has 3 nitrogen and oxygen atoms in total. The Bertz CT molecular complexity index is 382. The predicted octanol–water partition coefficient (Wildman–Crippen LogP) is 3.82. The fraction of sp³-hybridized carbons (Fsp3) is 0.364. The number of anilines is 1. The van der Waals surface area contributed by atoms with Crippen molar-refractivity contribution >= 4 is 35.0 Å². The second-order valence-electron chi connectivity index (χ2n) is 3.46. The fourth-order valence-electron chi connectivity index (χ4n) is 1.03. The maximum absolute atomic E-state index is 11.3. The molecule has 1 amide bonds. The van der Waals surface area contributed by atoms with Gasteiger partial charge < -0.3 is 4.74 Å². The maximum atomic E-state index is 11.3. The summed E-state index contributed by atoms with van der Waals surface area (Å²) < 4.78 is 4.95. The van der Waals surface area contributed by atoms with Gasteiger partial charge in [0, 0.05) is 10.7 Å². The predicted molar refractivity (Wildman–Crippen MR) is 66.5 cm³/mol. The summed E-state index contributed by atoms with van der Waals surface area (Å²) in [4.78, 5) is 11.3. The quantitative estimate of drug-likeness (QED) is 0.841. The monoisotopic (exact) mass is 261 g/mol. The molecule has 5 heteroatoms. The highest BCUT2D eigenvalue weighted by Crippen LogP contribution is 2.20. The first-order valence-electron chi connectivity index (χ1n) is 4.82. The SMILES string of the molecule is Cc1ccc(NC(=O)OC(C)CCl)cc1Cl. The third-order valence-corrected chi connectivity index (χ3v) is 2.79. The molecule has 88 valence electrons. The minimum Gasteiger partial charge on any atom is -0.445 e. The van der Waals surface area contributed by atoms with Crippen molar-refractivity contribution in [2.45, 2.75) is 20.0 Å². The minimum atomic E-state index is -0.534. The minimum absolute atomic E-state index is 0.266. The number of carbonyl (C=O) groups is 1. The van der Waals surface area contributed by atoms with Gasteiger partial charge in [0.05, 0.1) is 5.88 Å². The lowest BCUT2D eigenvalue weighted by molar-refractivity contribution is 0.131. The first kappa shape index (κ1) is 13.1. The molecule has 0 aliphatic rings. The van der Waals surface area contributed by atoms with Gasteiger partial charge in [0.2, 0.25) is 0 Å². The third-order valence-electron chi connectivity index (χ3n) is 1.94. The summed E-state index contributed by atoms with van der Waals surface area (Å²) in [6.07, 6.45) is -0.851. The molecule has 0 spiro atoms. The van der Waals surface area contributed by atoms with Gasteiger partial charge in [0.25, 0.3) is 0 Å². The van der Waals surface area contributed by atoms with E-state index in [4.69, 9.17) is 27.9 Å². The number of rotatable bonds is 3. The van der Waals surface area contributed by atoms with E-state index in [-0.39, 0.29) is 12.0 Å². The van der Waals surface area contributed by atoms with E-state index in [0.717, 1.165) is 5.56 Å². The van der Waals surface area contributed by atoms with Crippen molar-refractivity contribution in [1.82, 2.24) is 0 Å². The molecule has 0 bridgehead atoms. The molecule has 0 aliphatic heterocycles. The zero-order valence-electron chi connectivity index (χ0n) is 9.09. The van der Waals surface area contributed by atoms with E-state index in [0.29, 0.717) is 10.7 Å². The summed E-state index contributed by atoms with van der Waals surface area (Å²) in [6.45, 7) is 3.61. The van der Waals surface area contributed by atoms with Crippen LogP contribution >= 0.6 is 23.2 Å². The Hall–Kier alpha value is -0.930. The molecule has 0 aromatic heterocycles. The molecular formula is C11H13Cl2NO2. The Morgan fingerprint density at radius 2 is 2.25 bits per heavy atom. The highest BCUT2D eigenvalue weighted by Gasteiger charge is 2.08. The van der Waals surface area contributed by atoms with Gasteiger partial charge in [-0.25, -0.2) is 4.79 Å². The molecule has 0 saturated heterocycles. The lowest BCUT2D eigenvalue weighted by atomic mass is 10.2. The van der Waals surface area contributed by atoms with Gasteiger partial charge in [-0.3, -0.25) is 5.32 Å². The normalized spacial score (nSPS) is 12.0. The Kier molecular flexibility index (Phi) is 4.90. The summed E-state index contributed by atoms with van der Waals surface area (Å²) in [5.74, 6) is 0.266. The molecule has 1 unspecified atom stereocenters. The van der Waals surface area contributed by atoms with Crippen molar-refractivity contribution in [2.24, 2.45) is 0 Å². The zero-order valence-corrected chi connectivity index (χ0v) is 10.6. The number of benzene rings is 1. The van der Waals surface area contributed by atoms with Crippen molar-refractivity contribution in [2.75, 3.05) is 11.2 Å². The molecule has 0 aliphatic carbocycles. The van der Waals surface area contributed by atoms with Crippen molar-refractivity contribution < 1.29 is 9.53 Å². The third kappa shape index (κ3) is 3.91. The topological polar surface area (TPSA) is 38.3 Å². The van der Waals surface area contributed by atoms with Crippen LogP contribution in [0.2, 0.25) is 5.02 Å². The van der Waals surface area contributed by atoms with Crippen molar-refractivity contribution in [3.63, 3.8) is 0 Å². The smallest absolute Gasteiger partial charge is 0.411 e. The van der Waals surface area contributed by atoms with E-state index < -0.39 is 6.09 Å². The van der Waals surface area contributed by atoms with Crippen LogP contribution in [0.25, 0.3) is 0 Å². The van der Waals surface area contributed by atoms with Crippen molar-refractivity contribution in [3.8, 4) is 0 Å². The summed E-state index contributed by atoms with van der Waals surface area (Å²) in [6, 6.07) is 5.25. The number of carbonyl (C=O) groups excluding carboxylic acids is 1. The highest BCUT2D eigenvalue weighted by molar-refractivity contribution is 6.31. The number of ether oxygens (including phenoxy) is 1. The van der Waals surface area contributed by atoms with E-state index >= 15 is 0 Å². The van der Waals surface area contributed by atoms with Crippen LogP contribution in [-0.4, -0.2) is 18.1 Å². The van der Waals surface area contributed by atoms with Crippen LogP contribution in [0.3, 0.4) is 0 Å². The molecule has 1 atom stereocenters. The number of hydrogen-bond acceptors (Lipinski definition) is 2. The summed E-state index contributed by atoms with van der Waals surface area (Å²) in [5, 5.41) is 3.17. The van der Waals surface area contributed by atoms with Crippen LogP contribution in [0.4, 0.5) is 10.5 Å². The number of alkyl halides is 1.